The molecule has 0 atom stereocenters. The maximum atomic E-state index is 13.0. The van der Waals surface area contributed by atoms with Gasteiger partial charge in [0, 0.05) is 12.6 Å². The van der Waals surface area contributed by atoms with Crippen LogP contribution in [-0.4, -0.2) is 29.5 Å². The van der Waals surface area contributed by atoms with Gasteiger partial charge >= 0.3 is 18.0 Å². The average Bonchev–Trinajstić information content (AvgIpc) is 3.19. The third kappa shape index (κ3) is 3.52. The molecule has 0 saturated heterocycles. The zero-order valence-corrected chi connectivity index (χ0v) is 13.7. The summed E-state index contributed by atoms with van der Waals surface area (Å²) in [6, 6.07) is 0.908. The van der Waals surface area contributed by atoms with E-state index in [-0.39, 0.29) is 11.9 Å². The summed E-state index contributed by atoms with van der Waals surface area (Å²) in [5, 5.41) is 18.5. The van der Waals surface area contributed by atoms with Gasteiger partial charge in [-0.05, 0) is 18.2 Å². The van der Waals surface area contributed by atoms with Crippen molar-refractivity contribution in [1.82, 2.24) is 24.5 Å². The fourth-order valence-corrected chi connectivity index (χ4v) is 2.40. The van der Waals surface area contributed by atoms with Crippen molar-refractivity contribution in [2.75, 3.05) is 0 Å². The second-order valence-corrected chi connectivity index (χ2v) is 5.54. The van der Waals surface area contributed by atoms with E-state index in [0.717, 1.165) is 21.9 Å². The number of alkyl halides is 6. The molecule has 0 radical (unpaired) electrons. The van der Waals surface area contributed by atoms with E-state index in [4.69, 9.17) is 0 Å². The normalized spacial score (nSPS) is 12.4. The van der Waals surface area contributed by atoms with E-state index in [9.17, 15) is 36.5 Å². The monoisotopic (exact) mass is 406 g/mol. The molecule has 3 rings (SSSR count). The SMILES string of the molecule is Cn1ncc([N+](=O)[O-])c1-n1cnc(-c2cc(C(F)(F)F)cc(C(F)(F)F)c2)n1. The van der Waals surface area contributed by atoms with Gasteiger partial charge in [0.2, 0.25) is 5.82 Å². The Labute approximate surface area is 151 Å². The van der Waals surface area contributed by atoms with Crippen molar-refractivity contribution in [3.63, 3.8) is 0 Å². The van der Waals surface area contributed by atoms with Crippen LogP contribution < -0.4 is 0 Å². The van der Waals surface area contributed by atoms with Crippen molar-refractivity contribution in [1.29, 1.82) is 0 Å². The number of aromatic nitrogens is 5. The minimum atomic E-state index is -5.03. The molecule has 148 valence electrons. The summed E-state index contributed by atoms with van der Waals surface area (Å²) in [5.74, 6) is -0.654. The van der Waals surface area contributed by atoms with E-state index >= 15 is 0 Å². The molecule has 0 aliphatic carbocycles. The molecular formula is C14H8F6N6O2. The minimum Gasteiger partial charge on any atom is -0.258 e. The van der Waals surface area contributed by atoms with Gasteiger partial charge in [-0.25, -0.2) is 9.67 Å². The van der Waals surface area contributed by atoms with Crippen molar-refractivity contribution in [3.05, 3.63) is 52.0 Å². The summed E-state index contributed by atoms with van der Waals surface area (Å²) in [7, 11) is 1.34. The van der Waals surface area contributed by atoms with E-state index in [0.29, 0.717) is 12.1 Å². The van der Waals surface area contributed by atoms with Gasteiger partial charge < -0.3 is 0 Å². The Kier molecular flexibility index (Phi) is 4.36. The Hall–Kier alpha value is -3.45. The number of benzene rings is 1. The molecule has 28 heavy (non-hydrogen) atoms. The maximum Gasteiger partial charge on any atom is 0.416 e. The van der Waals surface area contributed by atoms with Gasteiger partial charge in [-0.1, -0.05) is 0 Å². The van der Waals surface area contributed by atoms with Gasteiger partial charge in [0.25, 0.3) is 0 Å². The lowest BCUT2D eigenvalue weighted by molar-refractivity contribution is -0.384. The molecule has 0 aliphatic heterocycles. The maximum absolute atomic E-state index is 13.0. The number of hydrogen-bond acceptors (Lipinski definition) is 5. The van der Waals surface area contributed by atoms with Gasteiger partial charge in [0.1, 0.15) is 12.5 Å². The molecule has 2 heterocycles. The smallest absolute Gasteiger partial charge is 0.258 e. The number of aryl methyl sites for hydroxylation is 1. The van der Waals surface area contributed by atoms with Crippen LogP contribution in [0.3, 0.4) is 0 Å². The standard InChI is InChI=1S/C14H8F6N6O2/c1-24-12(10(5-22-24)26(27)28)25-6-21-11(23-25)7-2-8(13(15,16)17)4-9(3-7)14(18,19)20/h2-6H,1H3. The lowest BCUT2D eigenvalue weighted by Gasteiger charge is -2.13. The van der Waals surface area contributed by atoms with Gasteiger partial charge in [-0.3, -0.25) is 10.1 Å². The third-order valence-corrected chi connectivity index (χ3v) is 3.64. The quantitative estimate of drug-likeness (QED) is 0.377. The molecular weight excluding hydrogens is 398 g/mol. The third-order valence-electron chi connectivity index (χ3n) is 3.64. The van der Waals surface area contributed by atoms with E-state index in [1.807, 2.05) is 0 Å². The number of hydrogen-bond donors (Lipinski definition) is 0. The lowest BCUT2D eigenvalue weighted by Crippen LogP contribution is -2.11. The summed E-state index contributed by atoms with van der Waals surface area (Å²) in [4.78, 5) is 14.0. The summed E-state index contributed by atoms with van der Waals surface area (Å²) in [5.41, 5.74) is -4.08. The van der Waals surface area contributed by atoms with Gasteiger partial charge in [-0.2, -0.15) is 36.1 Å². The zero-order valence-electron chi connectivity index (χ0n) is 13.7. The first-order valence-corrected chi connectivity index (χ1v) is 7.26. The first-order valence-electron chi connectivity index (χ1n) is 7.26. The fraction of sp³-hybridized carbons (Fsp3) is 0.214. The second-order valence-electron chi connectivity index (χ2n) is 5.54. The molecule has 0 fully saturated rings. The zero-order chi connectivity index (χ0) is 20.9. The fourth-order valence-electron chi connectivity index (χ4n) is 2.40. The number of halogens is 6. The highest BCUT2D eigenvalue weighted by molar-refractivity contribution is 5.59. The van der Waals surface area contributed by atoms with Crippen molar-refractivity contribution in [2.24, 2.45) is 7.05 Å². The first kappa shape index (κ1) is 19.3. The van der Waals surface area contributed by atoms with Crippen LogP contribution in [0.1, 0.15) is 11.1 Å². The van der Waals surface area contributed by atoms with E-state index in [1.165, 1.54) is 7.05 Å². The molecule has 0 spiro atoms. The van der Waals surface area contributed by atoms with Gasteiger partial charge in [0.15, 0.2) is 5.82 Å². The summed E-state index contributed by atoms with van der Waals surface area (Å²) in [6.07, 6.45) is -8.21. The van der Waals surface area contributed by atoms with Crippen molar-refractivity contribution in [2.45, 2.75) is 12.4 Å². The van der Waals surface area contributed by atoms with E-state index in [1.54, 1.807) is 0 Å². The van der Waals surface area contributed by atoms with Gasteiger partial charge in [0.05, 0.1) is 16.1 Å². The van der Waals surface area contributed by atoms with Crippen LogP contribution in [0, 0.1) is 10.1 Å². The van der Waals surface area contributed by atoms with Crippen LogP contribution in [0.15, 0.2) is 30.7 Å². The molecule has 0 amide bonds. The predicted octanol–water partition coefficient (Wildman–Crippen LogP) is 3.61. The van der Waals surface area contributed by atoms with Crippen molar-refractivity contribution < 1.29 is 31.3 Å². The summed E-state index contributed by atoms with van der Waals surface area (Å²) >= 11 is 0. The molecule has 2 aromatic heterocycles. The highest BCUT2D eigenvalue weighted by atomic mass is 19.4. The Bertz CT molecular complexity index is 1020. The number of rotatable bonds is 3. The molecule has 14 heteroatoms. The first-order chi connectivity index (χ1) is 12.9. The minimum absolute atomic E-state index is 0.0214. The molecule has 0 aliphatic rings. The van der Waals surface area contributed by atoms with Crippen LogP contribution in [0.25, 0.3) is 17.2 Å². The van der Waals surface area contributed by atoms with Gasteiger partial charge in [-0.15, -0.1) is 5.10 Å². The van der Waals surface area contributed by atoms with Crippen LogP contribution in [0.5, 0.6) is 0 Å². The molecule has 0 bridgehead atoms. The molecule has 8 nitrogen and oxygen atoms in total. The van der Waals surface area contributed by atoms with E-state index < -0.39 is 45.5 Å². The van der Waals surface area contributed by atoms with Crippen LogP contribution in [-0.2, 0) is 19.4 Å². The van der Waals surface area contributed by atoms with Crippen LogP contribution >= 0.6 is 0 Å². The Morgan fingerprint density at radius 2 is 1.61 bits per heavy atom. The molecule has 0 N–H and O–H groups in total. The number of nitrogens with zero attached hydrogens (tertiary/aromatic N) is 6. The summed E-state index contributed by atoms with van der Waals surface area (Å²) in [6.45, 7) is 0. The number of nitro groups is 1. The second kappa shape index (κ2) is 6.31. The lowest BCUT2D eigenvalue weighted by atomic mass is 10.0. The molecule has 1 aromatic carbocycles. The Morgan fingerprint density at radius 3 is 2.11 bits per heavy atom. The highest BCUT2D eigenvalue weighted by Gasteiger charge is 2.37. The summed E-state index contributed by atoms with van der Waals surface area (Å²) < 4.78 is 79.8. The predicted molar refractivity (Wildman–Crippen MR) is 80.2 cm³/mol. The van der Waals surface area contributed by atoms with Crippen LogP contribution in [0.2, 0.25) is 0 Å². The Balaban J connectivity index is 2.14. The Morgan fingerprint density at radius 1 is 1.04 bits per heavy atom. The van der Waals surface area contributed by atoms with E-state index in [2.05, 4.69) is 15.2 Å². The topological polar surface area (TPSA) is 91.7 Å². The molecule has 3 aromatic rings. The average molecular weight is 406 g/mol. The molecule has 0 unspecified atom stereocenters. The van der Waals surface area contributed by atoms with Crippen LogP contribution in [0.4, 0.5) is 32.0 Å². The molecule has 0 saturated carbocycles. The van der Waals surface area contributed by atoms with Crippen molar-refractivity contribution >= 4 is 5.69 Å². The van der Waals surface area contributed by atoms with Crippen molar-refractivity contribution in [3.8, 4) is 17.2 Å². The highest BCUT2D eigenvalue weighted by Crippen LogP contribution is 2.38. The largest absolute Gasteiger partial charge is 0.416 e.